The summed E-state index contributed by atoms with van der Waals surface area (Å²) in [4.78, 5) is 16.1. The quantitative estimate of drug-likeness (QED) is 0.802. The van der Waals surface area contributed by atoms with Crippen LogP contribution in [0.3, 0.4) is 0 Å². The maximum Gasteiger partial charge on any atom is 0.323 e. The molecule has 0 aliphatic carbocycles. The maximum absolute atomic E-state index is 11.9. The second kappa shape index (κ2) is 6.16. The number of anilines is 2. The molecule has 20 heavy (non-hydrogen) atoms. The van der Waals surface area contributed by atoms with Crippen LogP contribution < -0.4 is 16.4 Å². The molecule has 0 radical (unpaired) electrons. The fourth-order valence-electron chi connectivity index (χ4n) is 1.80. The Balaban J connectivity index is 2.05. The van der Waals surface area contributed by atoms with Crippen molar-refractivity contribution in [3.63, 3.8) is 0 Å². The van der Waals surface area contributed by atoms with Gasteiger partial charge in [-0.15, -0.1) is 0 Å². The summed E-state index contributed by atoms with van der Waals surface area (Å²) in [5, 5.41) is 5.54. The molecular formula is C15H18N4O. The predicted octanol–water partition coefficient (Wildman–Crippen LogP) is 3.05. The fraction of sp³-hybridized carbons (Fsp3) is 0.200. The Morgan fingerprint density at radius 2 is 2.05 bits per heavy atom. The Hall–Kier alpha value is -2.40. The van der Waals surface area contributed by atoms with E-state index >= 15 is 0 Å². The summed E-state index contributed by atoms with van der Waals surface area (Å²) in [7, 11) is 0. The van der Waals surface area contributed by atoms with E-state index in [1.54, 1.807) is 18.3 Å². The van der Waals surface area contributed by atoms with Crippen LogP contribution in [0.4, 0.5) is 16.2 Å². The Morgan fingerprint density at radius 1 is 1.25 bits per heavy atom. The summed E-state index contributed by atoms with van der Waals surface area (Å²) in [5.74, 6) is 0. The summed E-state index contributed by atoms with van der Waals surface area (Å²) in [5.41, 5.74) is 8.96. The summed E-state index contributed by atoms with van der Waals surface area (Å²) in [6.45, 7) is 3.74. The number of nitrogens with zero attached hydrogens (tertiary/aromatic N) is 1. The molecular weight excluding hydrogens is 252 g/mol. The number of nitrogens with two attached hydrogens (primary N) is 1. The number of hydrogen-bond donors (Lipinski definition) is 3. The Labute approximate surface area is 118 Å². The number of rotatable bonds is 3. The van der Waals surface area contributed by atoms with Crippen LogP contribution in [-0.2, 0) is 0 Å². The van der Waals surface area contributed by atoms with Gasteiger partial charge in [-0.05, 0) is 43.7 Å². The topological polar surface area (TPSA) is 80.0 Å². The second-order valence-corrected chi connectivity index (χ2v) is 4.63. The van der Waals surface area contributed by atoms with Crippen LogP contribution in [0.5, 0.6) is 0 Å². The molecule has 0 saturated carbocycles. The molecule has 0 aliphatic rings. The lowest BCUT2D eigenvalue weighted by Crippen LogP contribution is -2.20. The highest BCUT2D eigenvalue weighted by Crippen LogP contribution is 2.16. The lowest BCUT2D eigenvalue weighted by atomic mass is 10.1. The monoisotopic (exact) mass is 270 g/mol. The molecule has 5 nitrogen and oxygen atoms in total. The molecule has 1 aromatic heterocycles. The van der Waals surface area contributed by atoms with Crippen LogP contribution in [-0.4, -0.2) is 11.0 Å². The molecule has 4 N–H and O–H groups in total. The summed E-state index contributed by atoms with van der Waals surface area (Å²) in [6, 6.07) is 10.7. The van der Waals surface area contributed by atoms with Crippen LogP contribution in [0.2, 0.25) is 0 Å². The molecule has 2 rings (SSSR count). The number of benzene rings is 1. The van der Waals surface area contributed by atoms with Gasteiger partial charge in [0.15, 0.2) is 0 Å². The lowest BCUT2D eigenvalue weighted by molar-refractivity contribution is 0.262. The van der Waals surface area contributed by atoms with Crippen LogP contribution in [0, 0.1) is 6.92 Å². The highest BCUT2D eigenvalue weighted by Gasteiger charge is 2.06. The van der Waals surface area contributed by atoms with E-state index in [-0.39, 0.29) is 12.1 Å². The van der Waals surface area contributed by atoms with Gasteiger partial charge in [0, 0.05) is 17.9 Å². The van der Waals surface area contributed by atoms with Crippen LogP contribution in [0.1, 0.15) is 24.2 Å². The van der Waals surface area contributed by atoms with Crippen LogP contribution in [0.25, 0.3) is 0 Å². The average Bonchev–Trinajstić information content (AvgIpc) is 2.41. The molecule has 0 spiro atoms. The minimum atomic E-state index is -0.303. The van der Waals surface area contributed by atoms with Crippen molar-refractivity contribution in [1.29, 1.82) is 0 Å². The first kappa shape index (κ1) is 14.0. The first-order valence-electron chi connectivity index (χ1n) is 6.41. The third kappa shape index (κ3) is 3.55. The lowest BCUT2D eigenvalue weighted by Gasteiger charge is -2.11. The molecule has 1 aromatic carbocycles. The van der Waals surface area contributed by atoms with Crippen molar-refractivity contribution in [3.05, 3.63) is 53.9 Å². The standard InChI is InChI=1S/C15H18N4O/c1-10(16)12-5-3-6-13(9-12)18-15(20)19-14-7-4-8-17-11(14)2/h3-10H,16H2,1-2H3,(H2,18,19,20). The summed E-state index contributed by atoms with van der Waals surface area (Å²) in [6.07, 6.45) is 1.69. The first-order valence-corrected chi connectivity index (χ1v) is 6.41. The fourth-order valence-corrected chi connectivity index (χ4v) is 1.80. The zero-order chi connectivity index (χ0) is 14.5. The molecule has 0 saturated heterocycles. The summed E-state index contributed by atoms with van der Waals surface area (Å²) < 4.78 is 0. The molecule has 104 valence electrons. The van der Waals surface area contributed by atoms with Crippen LogP contribution in [0.15, 0.2) is 42.6 Å². The van der Waals surface area contributed by atoms with Crippen molar-refractivity contribution in [2.45, 2.75) is 19.9 Å². The Morgan fingerprint density at radius 3 is 2.75 bits per heavy atom. The molecule has 0 bridgehead atoms. The van der Waals surface area contributed by atoms with Gasteiger partial charge >= 0.3 is 6.03 Å². The van der Waals surface area contributed by atoms with Gasteiger partial charge in [-0.3, -0.25) is 4.98 Å². The number of urea groups is 1. The van der Waals surface area contributed by atoms with Crippen molar-refractivity contribution in [2.24, 2.45) is 5.73 Å². The van der Waals surface area contributed by atoms with Gasteiger partial charge in [-0.1, -0.05) is 12.1 Å². The number of carbonyl (C=O) groups is 1. The van der Waals surface area contributed by atoms with Crippen LogP contribution >= 0.6 is 0 Å². The van der Waals surface area contributed by atoms with E-state index in [0.717, 1.165) is 11.3 Å². The van der Waals surface area contributed by atoms with Crippen molar-refractivity contribution >= 4 is 17.4 Å². The molecule has 2 amide bonds. The van der Waals surface area contributed by atoms with Gasteiger partial charge in [-0.25, -0.2) is 4.79 Å². The summed E-state index contributed by atoms with van der Waals surface area (Å²) >= 11 is 0. The number of amides is 2. The molecule has 0 fully saturated rings. The predicted molar refractivity (Wildman–Crippen MR) is 80.7 cm³/mol. The van der Waals surface area contributed by atoms with Crippen molar-refractivity contribution in [1.82, 2.24) is 4.98 Å². The third-order valence-electron chi connectivity index (χ3n) is 2.93. The molecule has 5 heteroatoms. The van der Waals surface area contributed by atoms with Crippen molar-refractivity contribution < 1.29 is 4.79 Å². The number of nitrogens with one attached hydrogen (secondary N) is 2. The van der Waals surface area contributed by atoms with Gasteiger partial charge < -0.3 is 16.4 Å². The van der Waals surface area contributed by atoms with E-state index in [2.05, 4.69) is 15.6 Å². The van der Waals surface area contributed by atoms with Crippen molar-refractivity contribution in [2.75, 3.05) is 10.6 Å². The molecule has 1 unspecified atom stereocenters. The Kier molecular flexibility index (Phi) is 4.32. The number of carbonyl (C=O) groups excluding carboxylic acids is 1. The molecule has 1 atom stereocenters. The maximum atomic E-state index is 11.9. The zero-order valence-electron chi connectivity index (χ0n) is 11.6. The highest BCUT2D eigenvalue weighted by molar-refractivity contribution is 6.00. The molecule has 1 heterocycles. The number of aromatic nitrogens is 1. The van der Waals surface area contributed by atoms with Gasteiger partial charge in [0.25, 0.3) is 0 Å². The van der Waals surface area contributed by atoms with E-state index in [1.165, 1.54) is 0 Å². The average molecular weight is 270 g/mol. The minimum absolute atomic E-state index is 0.0691. The largest absolute Gasteiger partial charge is 0.324 e. The number of aryl methyl sites for hydroxylation is 1. The first-order chi connectivity index (χ1) is 9.56. The smallest absolute Gasteiger partial charge is 0.323 e. The molecule has 2 aromatic rings. The van der Waals surface area contributed by atoms with Gasteiger partial charge in [0.05, 0.1) is 11.4 Å². The Bertz CT molecular complexity index is 610. The van der Waals surface area contributed by atoms with Gasteiger partial charge in [0.2, 0.25) is 0 Å². The van der Waals surface area contributed by atoms with Gasteiger partial charge in [-0.2, -0.15) is 0 Å². The SMILES string of the molecule is Cc1ncccc1NC(=O)Nc1cccc(C(C)N)c1. The van der Waals surface area contributed by atoms with Gasteiger partial charge in [0.1, 0.15) is 0 Å². The number of hydrogen-bond acceptors (Lipinski definition) is 3. The zero-order valence-corrected chi connectivity index (χ0v) is 11.6. The second-order valence-electron chi connectivity index (χ2n) is 4.63. The highest BCUT2D eigenvalue weighted by atomic mass is 16.2. The van der Waals surface area contributed by atoms with E-state index in [9.17, 15) is 4.79 Å². The third-order valence-corrected chi connectivity index (χ3v) is 2.93. The van der Waals surface area contributed by atoms with Crippen molar-refractivity contribution in [3.8, 4) is 0 Å². The van der Waals surface area contributed by atoms with E-state index in [4.69, 9.17) is 5.73 Å². The molecule has 0 aliphatic heterocycles. The van der Waals surface area contributed by atoms with E-state index in [1.807, 2.05) is 38.1 Å². The van der Waals surface area contributed by atoms with E-state index in [0.29, 0.717) is 11.4 Å². The normalized spacial score (nSPS) is 11.8. The minimum Gasteiger partial charge on any atom is -0.324 e. The van der Waals surface area contributed by atoms with E-state index < -0.39 is 0 Å². The number of pyridine rings is 1.